The van der Waals surface area contributed by atoms with Gasteiger partial charge in [-0.3, -0.25) is 0 Å². The molecule has 5 nitrogen and oxygen atoms in total. The van der Waals surface area contributed by atoms with Crippen molar-refractivity contribution in [3.05, 3.63) is 63.9 Å². The molecular weight excluding hydrogens is 404 g/mol. The molecule has 1 unspecified atom stereocenters. The smallest absolute Gasteiger partial charge is 0.165 e. The molecular formula is C20H18Cl2FN3O2. The number of aromatic hydroxyl groups is 1. The molecule has 0 radical (unpaired) electrons. The number of phenols is 1. The van der Waals surface area contributed by atoms with E-state index in [-0.39, 0.29) is 27.6 Å². The largest absolute Gasteiger partial charge is 0.505 e. The molecule has 0 aliphatic heterocycles. The molecule has 1 aromatic heterocycles. The van der Waals surface area contributed by atoms with Crippen LogP contribution >= 0.6 is 23.2 Å². The fourth-order valence-electron chi connectivity index (χ4n) is 2.78. The molecule has 0 bridgehead atoms. The van der Waals surface area contributed by atoms with Crippen molar-refractivity contribution in [1.82, 2.24) is 10.2 Å². The Hall–Kier alpha value is -2.57. The zero-order valence-corrected chi connectivity index (χ0v) is 16.7. The lowest BCUT2D eigenvalue weighted by Crippen LogP contribution is -2.11. The average Bonchev–Trinajstić information content (AvgIpc) is 2.70. The summed E-state index contributed by atoms with van der Waals surface area (Å²) >= 11 is 11.9. The summed E-state index contributed by atoms with van der Waals surface area (Å²) in [5.74, 6) is 0.162. The van der Waals surface area contributed by atoms with Crippen LogP contribution in [0.15, 0.2) is 42.5 Å². The number of anilines is 1. The Bertz CT molecular complexity index is 961. The van der Waals surface area contributed by atoms with Crippen LogP contribution in [0.1, 0.15) is 24.9 Å². The Balaban J connectivity index is 1.80. The lowest BCUT2D eigenvalue weighted by molar-refractivity contribution is 0.386. The summed E-state index contributed by atoms with van der Waals surface area (Å²) in [6.45, 7) is 1.99. The minimum Gasteiger partial charge on any atom is -0.505 e. The van der Waals surface area contributed by atoms with Crippen LogP contribution in [0.3, 0.4) is 0 Å². The number of phenolic OH excluding ortho intramolecular Hbond substituents is 1. The third kappa shape index (κ3) is 4.29. The molecule has 0 saturated heterocycles. The number of halogens is 3. The van der Waals surface area contributed by atoms with Crippen molar-refractivity contribution in [1.29, 1.82) is 0 Å². The van der Waals surface area contributed by atoms with Crippen molar-refractivity contribution >= 4 is 29.0 Å². The van der Waals surface area contributed by atoms with E-state index in [9.17, 15) is 9.50 Å². The maximum absolute atomic E-state index is 14.0. The van der Waals surface area contributed by atoms with Gasteiger partial charge in [0.2, 0.25) is 0 Å². The number of hydrogen-bond acceptors (Lipinski definition) is 5. The number of ether oxygens (including phenoxy) is 1. The van der Waals surface area contributed by atoms with Gasteiger partial charge in [-0.1, -0.05) is 36.2 Å². The molecule has 2 N–H and O–H groups in total. The van der Waals surface area contributed by atoms with E-state index >= 15 is 0 Å². The van der Waals surface area contributed by atoms with Crippen molar-refractivity contribution in [2.45, 2.75) is 19.4 Å². The zero-order valence-electron chi connectivity index (χ0n) is 15.2. The van der Waals surface area contributed by atoms with Gasteiger partial charge in [-0.2, -0.15) is 0 Å². The molecule has 1 atom stereocenters. The summed E-state index contributed by atoms with van der Waals surface area (Å²) in [5, 5.41) is 21.5. The van der Waals surface area contributed by atoms with Crippen LogP contribution in [-0.4, -0.2) is 22.4 Å². The maximum atomic E-state index is 14.0. The third-order valence-corrected chi connectivity index (χ3v) is 4.86. The number of methoxy groups -OCH3 is 1. The molecule has 0 amide bonds. The maximum Gasteiger partial charge on any atom is 0.165 e. The molecule has 0 spiro atoms. The summed E-state index contributed by atoms with van der Waals surface area (Å²) in [6.07, 6.45) is 0.721. The van der Waals surface area contributed by atoms with E-state index in [1.807, 2.05) is 13.0 Å². The van der Waals surface area contributed by atoms with Gasteiger partial charge < -0.3 is 15.2 Å². The number of aromatic nitrogens is 2. The molecule has 146 valence electrons. The van der Waals surface area contributed by atoms with E-state index in [1.54, 1.807) is 30.3 Å². The van der Waals surface area contributed by atoms with Crippen LogP contribution in [0, 0.1) is 5.82 Å². The molecule has 28 heavy (non-hydrogen) atoms. The first kappa shape index (κ1) is 20.2. The van der Waals surface area contributed by atoms with E-state index in [0.717, 1.165) is 12.0 Å². The van der Waals surface area contributed by atoms with Gasteiger partial charge in [0.25, 0.3) is 0 Å². The average molecular weight is 422 g/mol. The molecule has 0 aliphatic carbocycles. The highest BCUT2D eigenvalue weighted by Crippen LogP contribution is 2.36. The number of benzene rings is 2. The quantitative estimate of drug-likeness (QED) is 0.520. The topological polar surface area (TPSA) is 67.3 Å². The first-order valence-corrected chi connectivity index (χ1v) is 9.30. The second kappa shape index (κ2) is 8.63. The second-order valence-corrected chi connectivity index (χ2v) is 6.91. The standard InChI is InChI=1S/C20H18Cl2FN3O2/c1-3-16(11-4-6-18(28-2)15(23)10-11)24-19-7-5-17(25-26-19)12-8-13(21)20(27)14(22)9-12/h4-10,16,27H,3H2,1-2H3,(H,24,26). The van der Waals surface area contributed by atoms with Crippen molar-refractivity contribution < 1.29 is 14.2 Å². The van der Waals surface area contributed by atoms with Crippen molar-refractivity contribution in [2.24, 2.45) is 0 Å². The number of hydrogen-bond donors (Lipinski definition) is 2. The van der Waals surface area contributed by atoms with Gasteiger partial charge in [-0.25, -0.2) is 4.39 Å². The van der Waals surface area contributed by atoms with Crippen molar-refractivity contribution in [3.8, 4) is 22.8 Å². The fourth-order valence-corrected chi connectivity index (χ4v) is 3.26. The van der Waals surface area contributed by atoms with E-state index in [4.69, 9.17) is 27.9 Å². The van der Waals surface area contributed by atoms with E-state index < -0.39 is 5.82 Å². The van der Waals surface area contributed by atoms with E-state index in [2.05, 4.69) is 15.5 Å². The van der Waals surface area contributed by atoms with Crippen LogP contribution in [-0.2, 0) is 0 Å². The molecule has 0 saturated carbocycles. The van der Waals surface area contributed by atoms with Crippen molar-refractivity contribution in [3.63, 3.8) is 0 Å². The molecule has 0 fully saturated rings. The fraction of sp³-hybridized carbons (Fsp3) is 0.200. The number of nitrogens with one attached hydrogen (secondary N) is 1. The number of rotatable bonds is 6. The predicted octanol–water partition coefficient (Wildman–Crippen LogP) is 5.87. The Morgan fingerprint density at radius 1 is 1.11 bits per heavy atom. The summed E-state index contributed by atoms with van der Waals surface area (Å²) in [6, 6.07) is 11.4. The molecule has 8 heteroatoms. The SMILES string of the molecule is CCC(Nc1ccc(-c2cc(Cl)c(O)c(Cl)c2)nn1)c1ccc(OC)c(F)c1. The van der Waals surface area contributed by atoms with Gasteiger partial charge in [-0.05, 0) is 48.4 Å². The van der Waals surface area contributed by atoms with Crippen LogP contribution in [0.25, 0.3) is 11.3 Å². The van der Waals surface area contributed by atoms with Gasteiger partial charge in [-0.15, -0.1) is 10.2 Å². The molecule has 1 heterocycles. The highest BCUT2D eigenvalue weighted by Gasteiger charge is 2.14. The van der Waals surface area contributed by atoms with Crippen LogP contribution < -0.4 is 10.1 Å². The van der Waals surface area contributed by atoms with Gasteiger partial charge in [0.1, 0.15) is 5.82 Å². The summed E-state index contributed by atoms with van der Waals surface area (Å²) < 4.78 is 19.0. The van der Waals surface area contributed by atoms with Gasteiger partial charge >= 0.3 is 0 Å². The third-order valence-electron chi connectivity index (χ3n) is 4.29. The number of nitrogens with zero attached hydrogens (tertiary/aromatic N) is 2. The molecule has 3 aromatic rings. The Kier molecular flexibility index (Phi) is 6.21. The van der Waals surface area contributed by atoms with E-state index in [0.29, 0.717) is 17.1 Å². The minimum atomic E-state index is -0.414. The minimum absolute atomic E-state index is 0.138. The lowest BCUT2D eigenvalue weighted by Gasteiger charge is -2.18. The second-order valence-electron chi connectivity index (χ2n) is 6.09. The van der Waals surface area contributed by atoms with Crippen molar-refractivity contribution in [2.75, 3.05) is 12.4 Å². The normalized spacial score (nSPS) is 11.9. The summed E-state index contributed by atoms with van der Waals surface area (Å²) in [5.41, 5.74) is 1.97. The zero-order chi connectivity index (χ0) is 20.3. The Morgan fingerprint density at radius 3 is 2.36 bits per heavy atom. The summed E-state index contributed by atoms with van der Waals surface area (Å²) in [7, 11) is 1.43. The van der Waals surface area contributed by atoms with Crippen LogP contribution in [0.5, 0.6) is 11.5 Å². The van der Waals surface area contributed by atoms with Gasteiger partial charge in [0.15, 0.2) is 17.3 Å². The lowest BCUT2D eigenvalue weighted by atomic mass is 10.0. The molecule has 3 rings (SSSR count). The van der Waals surface area contributed by atoms with E-state index in [1.165, 1.54) is 13.2 Å². The monoisotopic (exact) mass is 421 g/mol. The highest BCUT2D eigenvalue weighted by molar-refractivity contribution is 6.37. The predicted molar refractivity (Wildman–Crippen MR) is 109 cm³/mol. The van der Waals surface area contributed by atoms with Gasteiger partial charge in [0, 0.05) is 5.56 Å². The van der Waals surface area contributed by atoms with Gasteiger partial charge in [0.05, 0.1) is 28.9 Å². The highest BCUT2D eigenvalue weighted by atomic mass is 35.5. The first-order valence-electron chi connectivity index (χ1n) is 8.55. The Labute approximate surface area is 172 Å². The van der Waals surface area contributed by atoms with Crippen LogP contribution in [0.4, 0.5) is 10.2 Å². The van der Waals surface area contributed by atoms with Crippen LogP contribution in [0.2, 0.25) is 10.0 Å². The summed E-state index contributed by atoms with van der Waals surface area (Å²) in [4.78, 5) is 0. The first-order chi connectivity index (χ1) is 13.4. The Morgan fingerprint density at radius 2 is 1.82 bits per heavy atom. The molecule has 0 aliphatic rings. The molecule has 2 aromatic carbocycles.